The second kappa shape index (κ2) is 9.86. The predicted octanol–water partition coefficient (Wildman–Crippen LogP) is 7.78. The van der Waals surface area contributed by atoms with E-state index in [9.17, 15) is 4.79 Å². The lowest BCUT2D eigenvalue weighted by molar-refractivity contribution is -0.111. The summed E-state index contributed by atoms with van der Waals surface area (Å²) >= 11 is 0. The zero-order valence-corrected chi connectivity index (χ0v) is 19.6. The molecule has 33 heavy (non-hydrogen) atoms. The van der Waals surface area contributed by atoms with E-state index >= 15 is 0 Å². The van der Waals surface area contributed by atoms with Gasteiger partial charge < -0.3 is 9.73 Å². The number of carbonyl (C=O) groups is 1. The van der Waals surface area contributed by atoms with Crippen molar-refractivity contribution in [2.45, 2.75) is 46.0 Å². The van der Waals surface area contributed by atoms with Crippen molar-refractivity contribution in [1.29, 1.82) is 0 Å². The largest absolute Gasteiger partial charge is 0.436 e. The molecule has 1 N–H and O–H groups in total. The van der Waals surface area contributed by atoms with Gasteiger partial charge in [0.25, 0.3) is 0 Å². The van der Waals surface area contributed by atoms with Crippen molar-refractivity contribution < 1.29 is 9.21 Å². The second-order valence-corrected chi connectivity index (χ2v) is 8.78. The van der Waals surface area contributed by atoms with E-state index in [2.05, 4.69) is 62.3 Å². The van der Waals surface area contributed by atoms with Crippen molar-refractivity contribution >= 4 is 28.8 Å². The number of hydrogen-bond acceptors (Lipinski definition) is 3. The van der Waals surface area contributed by atoms with E-state index in [1.54, 1.807) is 6.08 Å². The fourth-order valence-corrected chi connectivity index (χ4v) is 3.69. The Hall–Kier alpha value is -3.66. The number of hydrogen-bond donors (Lipinski definition) is 1. The van der Waals surface area contributed by atoms with Gasteiger partial charge in [0, 0.05) is 17.3 Å². The second-order valence-electron chi connectivity index (χ2n) is 8.78. The first-order valence-corrected chi connectivity index (χ1v) is 11.5. The van der Waals surface area contributed by atoms with E-state index in [0.29, 0.717) is 23.4 Å². The summed E-state index contributed by atoms with van der Waals surface area (Å²) in [4.78, 5) is 17.1. The van der Waals surface area contributed by atoms with Crippen LogP contribution in [-0.2, 0) is 4.79 Å². The summed E-state index contributed by atoms with van der Waals surface area (Å²) in [5, 5.41) is 2.92. The van der Waals surface area contributed by atoms with Crippen LogP contribution < -0.4 is 5.32 Å². The van der Waals surface area contributed by atoms with Crippen LogP contribution in [-0.4, -0.2) is 10.9 Å². The first kappa shape index (κ1) is 22.5. The third-order valence-electron chi connectivity index (χ3n) is 6.00. The van der Waals surface area contributed by atoms with Crippen LogP contribution in [0.1, 0.15) is 62.6 Å². The Morgan fingerprint density at radius 1 is 1.00 bits per heavy atom. The fraction of sp³-hybridized carbons (Fsp3) is 0.241. The van der Waals surface area contributed by atoms with Gasteiger partial charge in [-0.15, -0.1) is 0 Å². The Morgan fingerprint density at radius 2 is 1.76 bits per heavy atom. The maximum absolute atomic E-state index is 12.4. The zero-order valence-electron chi connectivity index (χ0n) is 19.6. The van der Waals surface area contributed by atoms with Gasteiger partial charge in [-0.1, -0.05) is 64.1 Å². The first-order valence-electron chi connectivity index (χ1n) is 11.5. The Labute approximate surface area is 195 Å². The van der Waals surface area contributed by atoms with Gasteiger partial charge in [0.2, 0.25) is 11.8 Å². The lowest BCUT2D eigenvalue weighted by Crippen LogP contribution is -2.07. The molecule has 168 valence electrons. The molecule has 0 aliphatic carbocycles. The Bertz CT molecular complexity index is 1280. The molecule has 0 radical (unpaired) electrons. The smallest absolute Gasteiger partial charge is 0.248 e. The molecule has 0 fully saturated rings. The molecule has 4 aromatic rings. The molecular formula is C29H30N2O2. The van der Waals surface area contributed by atoms with Crippen LogP contribution in [0.5, 0.6) is 0 Å². The molecule has 3 aromatic carbocycles. The van der Waals surface area contributed by atoms with Gasteiger partial charge in [-0.2, -0.15) is 0 Å². The van der Waals surface area contributed by atoms with E-state index in [0.717, 1.165) is 28.6 Å². The quantitative estimate of drug-likeness (QED) is 0.300. The topological polar surface area (TPSA) is 55.1 Å². The highest BCUT2D eigenvalue weighted by molar-refractivity contribution is 6.02. The number of aromatic nitrogens is 1. The van der Waals surface area contributed by atoms with E-state index in [-0.39, 0.29) is 5.91 Å². The number of fused-ring (bicyclic) bond motifs is 1. The maximum Gasteiger partial charge on any atom is 0.248 e. The summed E-state index contributed by atoms with van der Waals surface area (Å²) in [5.41, 5.74) is 6.66. The van der Waals surface area contributed by atoms with Gasteiger partial charge in [0.05, 0.1) is 0 Å². The van der Waals surface area contributed by atoms with E-state index in [1.807, 2.05) is 48.5 Å². The van der Waals surface area contributed by atoms with Gasteiger partial charge in [-0.25, -0.2) is 4.98 Å². The Morgan fingerprint density at radius 3 is 2.48 bits per heavy atom. The van der Waals surface area contributed by atoms with Gasteiger partial charge in [0.1, 0.15) is 5.52 Å². The maximum atomic E-state index is 12.4. The lowest BCUT2D eigenvalue weighted by atomic mass is 9.98. The van der Waals surface area contributed by atoms with Crippen LogP contribution in [0.2, 0.25) is 0 Å². The summed E-state index contributed by atoms with van der Waals surface area (Å²) in [6, 6.07) is 22.0. The molecule has 1 aromatic heterocycles. The Balaban J connectivity index is 1.48. The number of benzene rings is 3. The summed E-state index contributed by atoms with van der Waals surface area (Å²) in [7, 11) is 0. The number of rotatable bonds is 7. The molecule has 1 atom stereocenters. The fourth-order valence-electron chi connectivity index (χ4n) is 3.69. The van der Waals surface area contributed by atoms with Crippen LogP contribution in [0, 0.1) is 0 Å². The standard InChI is InChI=1S/C29H30N2O2/c1-5-20(4)23-14-15-27-26(18-23)31-29(33-27)24-7-6-8-25(17-24)30-28(32)16-11-21-9-12-22(13-10-21)19(2)3/h6-20H,5H2,1-4H3,(H,30,32). The van der Waals surface area contributed by atoms with Crippen LogP contribution in [0.3, 0.4) is 0 Å². The van der Waals surface area contributed by atoms with Crippen molar-refractivity contribution in [3.05, 3.63) is 89.5 Å². The van der Waals surface area contributed by atoms with Crippen molar-refractivity contribution in [3.63, 3.8) is 0 Å². The third-order valence-corrected chi connectivity index (χ3v) is 6.00. The minimum Gasteiger partial charge on any atom is -0.436 e. The molecule has 0 aliphatic rings. The van der Waals surface area contributed by atoms with Crippen LogP contribution in [0.25, 0.3) is 28.6 Å². The molecule has 0 aliphatic heterocycles. The summed E-state index contributed by atoms with van der Waals surface area (Å²) in [5.74, 6) is 1.33. The molecular weight excluding hydrogens is 408 g/mol. The normalized spacial score (nSPS) is 12.5. The van der Waals surface area contributed by atoms with Crippen molar-refractivity contribution in [3.8, 4) is 11.5 Å². The SMILES string of the molecule is CCC(C)c1ccc2oc(-c3cccc(NC(=O)C=Cc4ccc(C(C)C)cc4)c3)nc2c1. The summed E-state index contributed by atoms with van der Waals surface area (Å²) in [6.07, 6.45) is 4.45. The third kappa shape index (κ3) is 5.40. The highest BCUT2D eigenvalue weighted by Gasteiger charge is 2.12. The molecule has 0 saturated carbocycles. The first-order chi connectivity index (χ1) is 15.9. The number of nitrogens with zero attached hydrogens (tertiary/aromatic N) is 1. The highest BCUT2D eigenvalue weighted by Crippen LogP contribution is 2.29. The molecule has 1 amide bonds. The van der Waals surface area contributed by atoms with Gasteiger partial charge in [0.15, 0.2) is 5.58 Å². The number of amides is 1. The molecule has 1 heterocycles. The highest BCUT2D eigenvalue weighted by atomic mass is 16.3. The van der Waals surface area contributed by atoms with Crippen LogP contribution >= 0.6 is 0 Å². The van der Waals surface area contributed by atoms with Crippen molar-refractivity contribution in [2.75, 3.05) is 5.32 Å². The zero-order chi connectivity index (χ0) is 23.4. The molecule has 0 spiro atoms. The van der Waals surface area contributed by atoms with Crippen molar-refractivity contribution in [1.82, 2.24) is 4.98 Å². The molecule has 0 bridgehead atoms. The van der Waals surface area contributed by atoms with Crippen molar-refractivity contribution in [2.24, 2.45) is 0 Å². The van der Waals surface area contributed by atoms with E-state index in [1.165, 1.54) is 11.1 Å². The number of carbonyl (C=O) groups excluding carboxylic acids is 1. The average molecular weight is 439 g/mol. The van der Waals surface area contributed by atoms with Gasteiger partial charge in [-0.3, -0.25) is 4.79 Å². The monoisotopic (exact) mass is 438 g/mol. The average Bonchev–Trinajstić information content (AvgIpc) is 3.26. The minimum absolute atomic E-state index is 0.184. The number of oxazole rings is 1. The number of anilines is 1. The molecule has 1 unspecified atom stereocenters. The summed E-state index contributed by atoms with van der Waals surface area (Å²) in [6.45, 7) is 8.72. The van der Waals surface area contributed by atoms with E-state index in [4.69, 9.17) is 4.42 Å². The minimum atomic E-state index is -0.184. The van der Waals surface area contributed by atoms with Crippen LogP contribution in [0.15, 0.2) is 77.2 Å². The molecule has 0 saturated heterocycles. The summed E-state index contributed by atoms with van der Waals surface area (Å²) < 4.78 is 5.98. The lowest BCUT2D eigenvalue weighted by Gasteiger charge is -2.07. The molecule has 4 heteroatoms. The molecule has 4 nitrogen and oxygen atoms in total. The van der Waals surface area contributed by atoms with Crippen LogP contribution in [0.4, 0.5) is 5.69 Å². The van der Waals surface area contributed by atoms with Gasteiger partial charge >= 0.3 is 0 Å². The van der Waals surface area contributed by atoms with Gasteiger partial charge in [-0.05, 0) is 71.4 Å². The molecule has 4 rings (SSSR count). The van der Waals surface area contributed by atoms with E-state index < -0.39 is 0 Å². The predicted molar refractivity (Wildman–Crippen MR) is 136 cm³/mol. The Kier molecular flexibility index (Phi) is 6.74. The number of nitrogens with one attached hydrogen (secondary N) is 1.